The van der Waals surface area contributed by atoms with Gasteiger partial charge >= 0.3 is 0 Å². The van der Waals surface area contributed by atoms with Crippen LogP contribution in [0.3, 0.4) is 0 Å². The lowest BCUT2D eigenvalue weighted by Gasteiger charge is -2.34. The maximum Gasteiger partial charge on any atom is 0.271 e. The number of rotatable bonds is 4. The van der Waals surface area contributed by atoms with Crippen molar-refractivity contribution in [1.29, 1.82) is 0 Å². The third kappa shape index (κ3) is 4.43. The van der Waals surface area contributed by atoms with Crippen LogP contribution in [-0.4, -0.2) is 44.8 Å². The van der Waals surface area contributed by atoms with Gasteiger partial charge in [0.15, 0.2) is 0 Å². The van der Waals surface area contributed by atoms with Gasteiger partial charge in [-0.1, -0.05) is 11.6 Å². The lowest BCUT2D eigenvalue weighted by atomic mass is 9.86. The molecule has 1 aliphatic heterocycles. The highest BCUT2D eigenvalue weighted by Gasteiger charge is 2.28. The molecule has 2 heterocycles. The van der Waals surface area contributed by atoms with E-state index >= 15 is 0 Å². The summed E-state index contributed by atoms with van der Waals surface area (Å²) < 4.78 is 13.3. The van der Waals surface area contributed by atoms with Crippen LogP contribution < -0.4 is 0 Å². The Morgan fingerprint density at radius 1 is 1.38 bits per heavy atom. The topological polar surface area (TPSA) is 69.2 Å². The van der Waals surface area contributed by atoms with Crippen molar-refractivity contribution in [2.24, 2.45) is 5.92 Å². The molecule has 3 rings (SSSR count). The number of carbonyl (C=O) groups is 1. The lowest BCUT2D eigenvalue weighted by Crippen LogP contribution is -2.40. The quantitative estimate of drug-likeness (QED) is 0.846. The number of halogens is 2. The molecule has 2 N–H and O–H groups in total. The number of benzene rings is 1. The zero-order chi connectivity index (χ0) is 18.9. The first-order valence-electron chi connectivity index (χ1n) is 8.75. The zero-order valence-corrected chi connectivity index (χ0v) is 15.7. The highest BCUT2D eigenvalue weighted by atomic mass is 35.5. The summed E-state index contributed by atoms with van der Waals surface area (Å²) in [5.41, 5.74) is 0.926. The molecule has 0 spiro atoms. The highest BCUT2D eigenvalue weighted by Crippen LogP contribution is 2.28. The third-order valence-electron chi connectivity index (χ3n) is 4.71. The molecule has 7 heteroatoms. The Bertz CT molecular complexity index is 792. The molecule has 140 valence electrons. The summed E-state index contributed by atoms with van der Waals surface area (Å²) in [7, 11) is 0. The van der Waals surface area contributed by atoms with Gasteiger partial charge in [0, 0.05) is 18.7 Å². The molecule has 0 aliphatic carbocycles. The minimum absolute atomic E-state index is 0.0206. The number of nitrogens with one attached hydrogen (secondary N) is 1. The van der Waals surface area contributed by atoms with E-state index in [9.17, 15) is 14.3 Å². The Morgan fingerprint density at radius 3 is 2.69 bits per heavy atom. The van der Waals surface area contributed by atoms with Crippen molar-refractivity contribution in [3.8, 4) is 11.3 Å². The standard InChI is InChI=1S/C19H23ClFN3O2/c1-19(2,26)11-12-5-7-24(8-6-12)18(25)17-10-16(22-23-17)13-3-4-15(21)14(20)9-13/h3-4,9-10,12,26H,5-8,11H2,1-2H3,(H,22,23). The van der Waals surface area contributed by atoms with Crippen LogP contribution in [0.5, 0.6) is 0 Å². The predicted molar refractivity (Wildman–Crippen MR) is 98.5 cm³/mol. The fraction of sp³-hybridized carbons (Fsp3) is 0.474. The van der Waals surface area contributed by atoms with Crippen LogP contribution >= 0.6 is 11.6 Å². The summed E-state index contributed by atoms with van der Waals surface area (Å²) in [6.07, 6.45) is 2.50. The maximum absolute atomic E-state index is 13.3. The molecule has 0 atom stereocenters. The Labute approximate surface area is 157 Å². The molecule has 1 aromatic carbocycles. The fourth-order valence-electron chi connectivity index (χ4n) is 3.45. The van der Waals surface area contributed by atoms with Gasteiger partial charge in [-0.05, 0) is 63.3 Å². The second-order valence-electron chi connectivity index (χ2n) is 7.55. The summed E-state index contributed by atoms with van der Waals surface area (Å²) in [5, 5.41) is 16.9. The molecule has 0 radical (unpaired) electrons. The van der Waals surface area contributed by atoms with Gasteiger partial charge in [0.05, 0.1) is 16.3 Å². The van der Waals surface area contributed by atoms with E-state index in [4.69, 9.17) is 11.6 Å². The summed E-state index contributed by atoms with van der Waals surface area (Å²) >= 11 is 5.81. The van der Waals surface area contributed by atoms with E-state index < -0.39 is 11.4 Å². The van der Waals surface area contributed by atoms with Crippen molar-refractivity contribution < 1.29 is 14.3 Å². The van der Waals surface area contributed by atoms with Crippen molar-refractivity contribution in [1.82, 2.24) is 15.1 Å². The maximum atomic E-state index is 13.3. The Morgan fingerprint density at radius 2 is 2.08 bits per heavy atom. The minimum Gasteiger partial charge on any atom is -0.390 e. The number of H-pyrrole nitrogens is 1. The second-order valence-corrected chi connectivity index (χ2v) is 7.96. The molecule has 1 amide bonds. The number of aromatic amines is 1. The Balaban J connectivity index is 1.64. The van der Waals surface area contributed by atoms with Crippen LogP contribution in [0.2, 0.25) is 5.02 Å². The molecule has 1 aliphatic rings. The van der Waals surface area contributed by atoms with Gasteiger partial charge in [-0.15, -0.1) is 0 Å². The fourth-order valence-corrected chi connectivity index (χ4v) is 3.63. The summed E-state index contributed by atoms with van der Waals surface area (Å²) in [6.45, 7) is 4.96. The number of aromatic nitrogens is 2. The van der Waals surface area contributed by atoms with E-state index in [1.807, 2.05) is 13.8 Å². The third-order valence-corrected chi connectivity index (χ3v) is 5.00. The monoisotopic (exact) mass is 379 g/mol. The largest absolute Gasteiger partial charge is 0.390 e. The van der Waals surface area contributed by atoms with Gasteiger partial charge in [-0.25, -0.2) is 4.39 Å². The molecule has 0 bridgehead atoms. The molecule has 26 heavy (non-hydrogen) atoms. The van der Waals surface area contributed by atoms with Gasteiger partial charge < -0.3 is 10.0 Å². The molecular weight excluding hydrogens is 357 g/mol. The summed E-state index contributed by atoms with van der Waals surface area (Å²) in [6, 6.07) is 6.01. The average Bonchev–Trinajstić information content (AvgIpc) is 3.06. The van der Waals surface area contributed by atoms with Crippen LogP contribution in [0, 0.1) is 11.7 Å². The zero-order valence-electron chi connectivity index (χ0n) is 14.9. The van der Waals surface area contributed by atoms with Gasteiger partial charge in [0.25, 0.3) is 5.91 Å². The number of aliphatic hydroxyl groups is 1. The Kier molecular flexibility index (Phi) is 5.34. The molecule has 1 fully saturated rings. The minimum atomic E-state index is -0.675. The first-order chi connectivity index (χ1) is 12.2. The van der Waals surface area contributed by atoms with E-state index in [-0.39, 0.29) is 10.9 Å². The first-order valence-corrected chi connectivity index (χ1v) is 9.13. The molecule has 0 unspecified atom stereocenters. The Hall–Kier alpha value is -1.92. The van der Waals surface area contributed by atoms with E-state index in [0.29, 0.717) is 36.0 Å². The van der Waals surface area contributed by atoms with E-state index in [2.05, 4.69) is 10.2 Å². The predicted octanol–water partition coefficient (Wildman–Crippen LogP) is 3.88. The smallest absolute Gasteiger partial charge is 0.271 e. The highest BCUT2D eigenvalue weighted by molar-refractivity contribution is 6.31. The number of hydrogen-bond acceptors (Lipinski definition) is 3. The average molecular weight is 380 g/mol. The van der Waals surface area contributed by atoms with Crippen LogP contribution in [0.25, 0.3) is 11.3 Å². The number of hydrogen-bond donors (Lipinski definition) is 2. The number of carbonyl (C=O) groups excluding carboxylic acids is 1. The van der Waals surface area contributed by atoms with Gasteiger partial charge in [-0.2, -0.15) is 5.10 Å². The normalized spacial score (nSPS) is 16.1. The van der Waals surface area contributed by atoms with E-state index in [0.717, 1.165) is 19.3 Å². The van der Waals surface area contributed by atoms with Crippen molar-refractivity contribution in [2.75, 3.05) is 13.1 Å². The lowest BCUT2D eigenvalue weighted by molar-refractivity contribution is 0.0357. The molecule has 1 saturated heterocycles. The SMILES string of the molecule is CC(C)(O)CC1CCN(C(=O)c2cc(-c3ccc(F)c(Cl)c3)n[nH]2)CC1. The van der Waals surface area contributed by atoms with E-state index in [1.165, 1.54) is 12.1 Å². The van der Waals surface area contributed by atoms with Gasteiger partial charge in [0.1, 0.15) is 11.5 Å². The molecule has 1 aromatic heterocycles. The molecular formula is C19H23ClFN3O2. The number of nitrogens with zero attached hydrogens (tertiary/aromatic N) is 2. The number of piperidine rings is 1. The van der Waals surface area contributed by atoms with Gasteiger partial charge in [0.2, 0.25) is 0 Å². The second kappa shape index (κ2) is 7.37. The van der Waals surface area contributed by atoms with E-state index in [1.54, 1.807) is 17.0 Å². The summed E-state index contributed by atoms with van der Waals surface area (Å²) in [5.74, 6) is -0.160. The molecule has 2 aromatic rings. The van der Waals surface area contributed by atoms with Crippen molar-refractivity contribution in [3.05, 3.63) is 40.8 Å². The summed E-state index contributed by atoms with van der Waals surface area (Å²) in [4.78, 5) is 14.5. The van der Waals surface area contributed by atoms with Gasteiger partial charge in [-0.3, -0.25) is 9.89 Å². The molecule has 0 saturated carbocycles. The van der Waals surface area contributed by atoms with Crippen LogP contribution in [-0.2, 0) is 0 Å². The number of likely N-dealkylation sites (tertiary alicyclic amines) is 1. The first kappa shape index (κ1) is 18.9. The van der Waals surface area contributed by atoms with Crippen molar-refractivity contribution in [3.63, 3.8) is 0 Å². The van der Waals surface area contributed by atoms with Crippen LogP contribution in [0.15, 0.2) is 24.3 Å². The number of amides is 1. The van der Waals surface area contributed by atoms with Crippen molar-refractivity contribution >= 4 is 17.5 Å². The van der Waals surface area contributed by atoms with Crippen LogP contribution in [0.4, 0.5) is 4.39 Å². The van der Waals surface area contributed by atoms with Crippen molar-refractivity contribution in [2.45, 2.75) is 38.7 Å². The van der Waals surface area contributed by atoms with Crippen LogP contribution in [0.1, 0.15) is 43.6 Å². The molecule has 5 nitrogen and oxygen atoms in total.